The van der Waals surface area contributed by atoms with Gasteiger partial charge in [0.15, 0.2) is 12.1 Å². The Hall–Kier alpha value is -0.910. The summed E-state index contributed by atoms with van der Waals surface area (Å²) in [7, 11) is 0. The maximum atomic E-state index is 6.15. The molecule has 2 aliphatic rings. The minimum absolute atomic E-state index is 0.251. The van der Waals surface area contributed by atoms with Gasteiger partial charge in [-0.25, -0.2) is 0 Å². The maximum Gasteiger partial charge on any atom is 0.190 e. The van der Waals surface area contributed by atoms with Gasteiger partial charge in [-0.2, -0.15) is 0 Å². The van der Waals surface area contributed by atoms with Crippen LogP contribution in [0.1, 0.15) is 19.4 Å². The minimum Gasteiger partial charge on any atom is -0.367 e. The van der Waals surface area contributed by atoms with Gasteiger partial charge >= 0.3 is 0 Å². The van der Waals surface area contributed by atoms with Gasteiger partial charge in [0.1, 0.15) is 18.3 Å². The molecule has 4 atom stereocenters. The van der Waals surface area contributed by atoms with Crippen LogP contribution in [0.15, 0.2) is 36.9 Å². The van der Waals surface area contributed by atoms with Crippen molar-refractivity contribution >= 4 is 11.6 Å². The predicted octanol–water partition coefficient (Wildman–Crippen LogP) is 3.29. The number of hydrogen-bond acceptors (Lipinski definition) is 4. The minimum atomic E-state index is -0.659. The Morgan fingerprint density at radius 3 is 2.81 bits per heavy atom. The molecular weight excluding hydrogens is 292 g/mol. The van der Waals surface area contributed by atoms with E-state index in [1.54, 1.807) is 6.08 Å². The largest absolute Gasteiger partial charge is 0.367 e. The number of rotatable bonds is 4. The molecule has 1 aromatic rings. The van der Waals surface area contributed by atoms with Crippen molar-refractivity contribution in [2.24, 2.45) is 0 Å². The van der Waals surface area contributed by atoms with Crippen LogP contribution in [-0.2, 0) is 25.6 Å². The van der Waals surface area contributed by atoms with Gasteiger partial charge < -0.3 is 18.9 Å². The fourth-order valence-corrected chi connectivity index (χ4v) is 2.88. The first-order chi connectivity index (χ1) is 10.00. The van der Waals surface area contributed by atoms with Crippen LogP contribution in [0, 0.1) is 0 Å². The van der Waals surface area contributed by atoms with Crippen molar-refractivity contribution in [3.05, 3.63) is 47.5 Å². The molecule has 114 valence electrons. The summed E-state index contributed by atoms with van der Waals surface area (Å²) >= 11 is 6.15. The van der Waals surface area contributed by atoms with Gasteiger partial charge in [-0.05, 0) is 25.5 Å². The Morgan fingerprint density at radius 2 is 2.10 bits per heavy atom. The first-order valence-corrected chi connectivity index (χ1v) is 7.36. The van der Waals surface area contributed by atoms with E-state index in [4.69, 9.17) is 30.5 Å². The quantitative estimate of drug-likeness (QED) is 0.800. The highest BCUT2D eigenvalue weighted by Gasteiger charge is 2.54. The number of hydrogen-bond donors (Lipinski definition) is 0. The van der Waals surface area contributed by atoms with Crippen molar-refractivity contribution in [1.82, 2.24) is 0 Å². The summed E-state index contributed by atoms with van der Waals surface area (Å²) in [5.74, 6) is -0.659. The highest BCUT2D eigenvalue weighted by molar-refractivity contribution is 6.31. The van der Waals surface area contributed by atoms with Gasteiger partial charge in [0.2, 0.25) is 0 Å². The molecule has 2 aliphatic heterocycles. The molecule has 21 heavy (non-hydrogen) atoms. The molecule has 0 amide bonds. The first-order valence-electron chi connectivity index (χ1n) is 6.99. The lowest BCUT2D eigenvalue weighted by molar-refractivity contribution is -0.213. The van der Waals surface area contributed by atoms with Crippen LogP contribution >= 0.6 is 11.6 Å². The van der Waals surface area contributed by atoms with Crippen molar-refractivity contribution in [2.45, 2.75) is 50.8 Å². The molecule has 0 spiro atoms. The van der Waals surface area contributed by atoms with Gasteiger partial charge in [0.25, 0.3) is 0 Å². The first kappa shape index (κ1) is 15.0. The second-order valence-corrected chi connectivity index (χ2v) is 6.08. The fraction of sp³-hybridized carbons (Fsp3) is 0.500. The lowest BCUT2D eigenvalue weighted by atomic mass is 10.1. The standard InChI is InChI=1S/C16H19ClO4/c1-4-12-13(14-15(19-12)21-16(2,3)20-14)18-9-10-7-5-6-8-11(10)17/h4-8,12-15H,1,9H2,2-3H3/t12-,13+,14-,15-/m1/s1. The summed E-state index contributed by atoms with van der Waals surface area (Å²) in [4.78, 5) is 0. The van der Waals surface area contributed by atoms with Gasteiger partial charge in [0.05, 0.1) is 6.61 Å². The van der Waals surface area contributed by atoms with Crippen molar-refractivity contribution in [3.63, 3.8) is 0 Å². The molecule has 0 bridgehead atoms. The van der Waals surface area contributed by atoms with Gasteiger partial charge in [-0.1, -0.05) is 35.9 Å². The van der Waals surface area contributed by atoms with E-state index < -0.39 is 12.1 Å². The predicted molar refractivity (Wildman–Crippen MR) is 78.9 cm³/mol. The van der Waals surface area contributed by atoms with E-state index in [-0.39, 0.29) is 18.3 Å². The van der Waals surface area contributed by atoms with E-state index in [2.05, 4.69) is 6.58 Å². The summed E-state index contributed by atoms with van der Waals surface area (Å²) in [6.07, 6.45) is 0.531. The molecule has 2 heterocycles. The van der Waals surface area contributed by atoms with E-state index in [9.17, 15) is 0 Å². The molecule has 2 saturated heterocycles. The summed E-state index contributed by atoms with van der Waals surface area (Å²) < 4.78 is 23.4. The lowest BCUT2D eigenvalue weighted by Crippen LogP contribution is -2.36. The average Bonchev–Trinajstić information content (AvgIpc) is 2.89. The highest BCUT2D eigenvalue weighted by Crippen LogP contribution is 2.39. The van der Waals surface area contributed by atoms with E-state index in [1.165, 1.54) is 0 Å². The molecule has 3 rings (SSSR count). The Bertz CT molecular complexity index is 531. The van der Waals surface area contributed by atoms with Crippen LogP contribution in [0.4, 0.5) is 0 Å². The van der Waals surface area contributed by atoms with Crippen LogP contribution < -0.4 is 0 Å². The SMILES string of the molecule is C=C[C@H]1O[C@@H]2OC(C)(C)O[C@@H]2[C@H]1OCc1ccccc1Cl. The van der Waals surface area contributed by atoms with Crippen molar-refractivity contribution < 1.29 is 18.9 Å². The third-order valence-corrected chi connectivity index (χ3v) is 4.02. The monoisotopic (exact) mass is 310 g/mol. The second kappa shape index (κ2) is 5.71. The normalized spacial score (nSPS) is 33.9. The van der Waals surface area contributed by atoms with Crippen LogP contribution in [0.2, 0.25) is 5.02 Å². The molecule has 4 nitrogen and oxygen atoms in total. The zero-order valence-corrected chi connectivity index (χ0v) is 12.9. The van der Waals surface area contributed by atoms with E-state index in [0.717, 1.165) is 5.56 Å². The van der Waals surface area contributed by atoms with Gasteiger partial charge in [0, 0.05) is 5.02 Å². The molecule has 0 unspecified atom stereocenters. The molecule has 1 aromatic carbocycles. The summed E-state index contributed by atoms with van der Waals surface area (Å²) in [5.41, 5.74) is 0.934. The third-order valence-electron chi connectivity index (χ3n) is 3.65. The zero-order chi connectivity index (χ0) is 15.0. The molecule has 0 saturated carbocycles. The van der Waals surface area contributed by atoms with Crippen LogP contribution in [-0.4, -0.2) is 30.4 Å². The smallest absolute Gasteiger partial charge is 0.190 e. The van der Waals surface area contributed by atoms with E-state index in [1.807, 2.05) is 38.1 Å². The summed E-state index contributed by atoms with van der Waals surface area (Å²) in [6.45, 7) is 7.91. The van der Waals surface area contributed by atoms with Crippen LogP contribution in [0.5, 0.6) is 0 Å². The molecule has 5 heteroatoms. The van der Waals surface area contributed by atoms with Crippen molar-refractivity contribution in [1.29, 1.82) is 0 Å². The fourth-order valence-electron chi connectivity index (χ4n) is 2.69. The Morgan fingerprint density at radius 1 is 1.33 bits per heavy atom. The molecule has 0 N–H and O–H groups in total. The van der Waals surface area contributed by atoms with Gasteiger partial charge in [-0.15, -0.1) is 6.58 Å². The second-order valence-electron chi connectivity index (χ2n) is 5.67. The summed E-state index contributed by atoms with van der Waals surface area (Å²) in [5, 5.41) is 0.687. The molecular formula is C16H19ClO4. The van der Waals surface area contributed by atoms with E-state index in [0.29, 0.717) is 11.6 Å². The Kier molecular flexibility index (Phi) is 4.08. The highest BCUT2D eigenvalue weighted by atomic mass is 35.5. The number of halogens is 1. The lowest BCUT2D eigenvalue weighted by Gasteiger charge is -2.24. The maximum absolute atomic E-state index is 6.15. The topological polar surface area (TPSA) is 36.9 Å². The number of benzene rings is 1. The molecule has 0 radical (unpaired) electrons. The summed E-state index contributed by atoms with van der Waals surface area (Å²) in [6, 6.07) is 7.61. The molecule has 0 aliphatic carbocycles. The number of fused-ring (bicyclic) bond motifs is 1. The zero-order valence-electron chi connectivity index (χ0n) is 12.1. The Balaban J connectivity index is 1.71. The molecule has 2 fully saturated rings. The van der Waals surface area contributed by atoms with Crippen molar-refractivity contribution in [3.8, 4) is 0 Å². The van der Waals surface area contributed by atoms with Crippen molar-refractivity contribution in [2.75, 3.05) is 0 Å². The van der Waals surface area contributed by atoms with E-state index >= 15 is 0 Å². The van der Waals surface area contributed by atoms with Crippen LogP contribution in [0.25, 0.3) is 0 Å². The average molecular weight is 311 g/mol. The van der Waals surface area contributed by atoms with Gasteiger partial charge in [-0.3, -0.25) is 0 Å². The molecule has 0 aromatic heterocycles. The third kappa shape index (κ3) is 3.00. The number of ether oxygens (including phenoxy) is 4. The Labute approximate surface area is 129 Å². The van der Waals surface area contributed by atoms with Crippen LogP contribution in [0.3, 0.4) is 0 Å².